The molecule has 4 nitrogen and oxygen atoms in total. The fraction of sp³-hybridized carbons (Fsp3) is 0.333. The monoisotopic (exact) mass is 373 g/mol. The van der Waals surface area contributed by atoms with Crippen molar-refractivity contribution in [3.63, 3.8) is 0 Å². The van der Waals surface area contributed by atoms with Gasteiger partial charge in [-0.1, -0.05) is 41.4 Å². The van der Waals surface area contributed by atoms with Gasteiger partial charge in [0, 0.05) is 25.0 Å². The van der Waals surface area contributed by atoms with Crippen LogP contribution in [0.3, 0.4) is 0 Å². The topological polar surface area (TPSA) is 46.6 Å². The van der Waals surface area contributed by atoms with E-state index in [0.29, 0.717) is 18.1 Å². The number of halogens is 1. The molecule has 0 bridgehead atoms. The number of amides is 1. The molecule has 0 atom stereocenters. The van der Waals surface area contributed by atoms with Crippen LogP contribution in [0.2, 0.25) is 5.02 Å². The zero-order chi connectivity index (χ0) is 19.3. The smallest absolute Gasteiger partial charge is 0.309 e. The molecule has 0 spiro atoms. The maximum atomic E-state index is 11.8. The molecular weight excluding hydrogens is 350 g/mol. The Balaban J connectivity index is 2.47. The Morgan fingerprint density at radius 2 is 1.88 bits per heavy atom. The van der Waals surface area contributed by atoms with Gasteiger partial charge in [-0.2, -0.15) is 0 Å². The molecule has 0 radical (unpaired) electrons. The number of rotatable bonds is 6. The SMILES string of the molecule is CCN(Cc1cc(C)ccc1-c1cc(Cl)cc(CC(=O)OC)c1)C(C)=O. The van der Waals surface area contributed by atoms with Crippen molar-refractivity contribution in [1.29, 1.82) is 0 Å². The molecular formula is C21H24ClNO3. The summed E-state index contributed by atoms with van der Waals surface area (Å²) in [5, 5.41) is 0.562. The van der Waals surface area contributed by atoms with E-state index in [9.17, 15) is 9.59 Å². The average Bonchev–Trinajstić information content (AvgIpc) is 2.58. The lowest BCUT2D eigenvalue weighted by Crippen LogP contribution is -2.28. The first-order valence-electron chi connectivity index (χ1n) is 8.55. The van der Waals surface area contributed by atoms with Crippen LogP contribution in [-0.2, 0) is 27.3 Å². The molecule has 0 saturated heterocycles. The highest BCUT2D eigenvalue weighted by molar-refractivity contribution is 6.31. The lowest BCUT2D eigenvalue weighted by atomic mass is 9.95. The van der Waals surface area contributed by atoms with Gasteiger partial charge >= 0.3 is 5.97 Å². The summed E-state index contributed by atoms with van der Waals surface area (Å²) in [5.74, 6) is -0.270. The molecule has 0 aliphatic rings. The number of benzene rings is 2. The Morgan fingerprint density at radius 3 is 2.50 bits per heavy atom. The number of aryl methyl sites for hydroxylation is 1. The third-order valence-electron chi connectivity index (χ3n) is 4.29. The van der Waals surface area contributed by atoms with Crippen molar-refractivity contribution in [2.24, 2.45) is 0 Å². The van der Waals surface area contributed by atoms with Crippen LogP contribution < -0.4 is 0 Å². The summed E-state index contributed by atoms with van der Waals surface area (Å²) >= 11 is 6.28. The number of hydrogen-bond donors (Lipinski definition) is 0. The minimum Gasteiger partial charge on any atom is -0.469 e. The average molecular weight is 374 g/mol. The van der Waals surface area contributed by atoms with Crippen molar-refractivity contribution < 1.29 is 14.3 Å². The van der Waals surface area contributed by atoms with Crippen LogP contribution >= 0.6 is 11.6 Å². The maximum absolute atomic E-state index is 11.8. The molecule has 0 aliphatic carbocycles. The van der Waals surface area contributed by atoms with E-state index in [0.717, 1.165) is 27.8 Å². The fourth-order valence-corrected chi connectivity index (χ4v) is 3.19. The van der Waals surface area contributed by atoms with Gasteiger partial charge in [-0.25, -0.2) is 0 Å². The third kappa shape index (κ3) is 5.09. The molecule has 138 valence electrons. The normalized spacial score (nSPS) is 10.5. The van der Waals surface area contributed by atoms with Crippen molar-refractivity contribution in [1.82, 2.24) is 4.90 Å². The lowest BCUT2D eigenvalue weighted by molar-refractivity contribution is -0.139. The molecule has 2 aromatic rings. The second kappa shape index (κ2) is 8.86. The third-order valence-corrected chi connectivity index (χ3v) is 4.51. The van der Waals surface area contributed by atoms with Crippen LogP contribution in [-0.4, -0.2) is 30.4 Å². The number of nitrogens with zero attached hydrogens (tertiary/aromatic N) is 1. The standard InChI is InChI=1S/C21H24ClNO3/c1-5-23(15(3)24)13-18-8-14(2)6-7-20(18)17-9-16(10-19(22)12-17)11-21(25)26-4/h6-10,12H,5,11,13H2,1-4H3. The molecule has 0 fully saturated rings. The maximum Gasteiger partial charge on any atom is 0.309 e. The van der Waals surface area contributed by atoms with Crippen LogP contribution in [0.25, 0.3) is 11.1 Å². The zero-order valence-corrected chi connectivity index (χ0v) is 16.4. The first kappa shape index (κ1) is 20.0. The van der Waals surface area contributed by atoms with Crippen molar-refractivity contribution >= 4 is 23.5 Å². The van der Waals surface area contributed by atoms with Crippen LogP contribution in [0.4, 0.5) is 0 Å². The minimum atomic E-state index is -0.309. The highest BCUT2D eigenvalue weighted by Crippen LogP contribution is 2.30. The van der Waals surface area contributed by atoms with Gasteiger partial charge in [-0.15, -0.1) is 0 Å². The molecule has 0 N–H and O–H groups in total. The van der Waals surface area contributed by atoms with E-state index < -0.39 is 0 Å². The number of hydrogen-bond acceptors (Lipinski definition) is 3. The Labute approximate surface area is 159 Å². The van der Waals surface area contributed by atoms with Crippen LogP contribution in [0.1, 0.15) is 30.5 Å². The van der Waals surface area contributed by atoms with Gasteiger partial charge in [0.25, 0.3) is 0 Å². The Hall–Kier alpha value is -2.33. The van der Waals surface area contributed by atoms with E-state index in [2.05, 4.69) is 6.07 Å². The summed E-state index contributed by atoms with van der Waals surface area (Å²) in [7, 11) is 1.37. The van der Waals surface area contributed by atoms with Crippen LogP contribution in [0, 0.1) is 6.92 Å². The minimum absolute atomic E-state index is 0.0393. The zero-order valence-electron chi connectivity index (χ0n) is 15.6. The Bertz CT molecular complexity index is 817. The summed E-state index contributed by atoms with van der Waals surface area (Å²) in [4.78, 5) is 25.2. The molecule has 2 aromatic carbocycles. The summed E-state index contributed by atoms with van der Waals surface area (Å²) in [6, 6.07) is 11.7. The molecule has 26 heavy (non-hydrogen) atoms. The number of carbonyl (C=O) groups excluding carboxylic acids is 2. The van der Waals surface area contributed by atoms with Crippen LogP contribution in [0.5, 0.6) is 0 Å². The van der Waals surface area contributed by atoms with Gasteiger partial charge in [0.15, 0.2) is 0 Å². The fourth-order valence-electron chi connectivity index (χ4n) is 2.93. The van der Waals surface area contributed by atoms with E-state index in [-0.39, 0.29) is 18.3 Å². The quantitative estimate of drug-likeness (QED) is 0.705. The van der Waals surface area contributed by atoms with Crippen molar-refractivity contribution in [2.75, 3.05) is 13.7 Å². The van der Waals surface area contributed by atoms with Crippen molar-refractivity contribution in [2.45, 2.75) is 33.7 Å². The molecule has 2 rings (SSSR count). The molecule has 0 aliphatic heterocycles. The number of carbonyl (C=O) groups is 2. The molecule has 1 amide bonds. The number of esters is 1. The molecule has 0 aromatic heterocycles. The van der Waals surface area contributed by atoms with Gasteiger partial charge < -0.3 is 9.64 Å². The van der Waals surface area contributed by atoms with E-state index in [1.165, 1.54) is 7.11 Å². The number of ether oxygens (including phenoxy) is 1. The van der Waals surface area contributed by atoms with E-state index in [4.69, 9.17) is 16.3 Å². The summed E-state index contributed by atoms with van der Waals surface area (Å²) in [5.41, 5.74) is 4.90. The van der Waals surface area contributed by atoms with E-state index in [1.54, 1.807) is 17.9 Å². The first-order valence-corrected chi connectivity index (χ1v) is 8.93. The van der Waals surface area contributed by atoms with Crippen molar-refractivity contribution in [3.8, 4) is 11.1 Å². The summed E-state index contributed by atoms with van der Waals surface area (Å²) in [6.45, 7) is 6.74. The summed E-state index contributed by atoms with van der Waals surface area (Å²) < 4.78 is 4.75. The summed E-state index contributed by atoms with van der Waals surface area (Å²) in [6.07, 6.45) is 0.166. The highest BCUT2D eigenvalue weighted by Gasteiger charge is 2.14. The second-order valence-electron chi connectivity index (χ2n) is 6.29. The Morgan fingerprint density at radius 1 is 1.15 bits per heavy atom. The highest BCUT2D eigenvalue weighted by atomic mass is 35.5. The molecule has 0 heterocycles. The second-order valence-corrected chi connectivity index (χ2v) is 6.73. The van der Waals surface area contributed by atoms with Gasteiger partial charge in [0.05, 0.1) is 13.5 Å². The molecule has 0 saturated carbocycles. The van der Waals surface area contributed by atoms with E-state index >= 15 is 0 Å². The first-order chi connectivity index (χ1) is 12.3. The predicted octanol–water partition coefficient (Wildman–Crippen LogP) is 4.40. The Kier molecular flexibility index (Phi) is 6.81. The van der Waals surface area contributed by atoms with Gasteiger partial charge in [-0.05, 0) is 48.2 Å². The number of methoxy groups -OCH3 is 1. The molecule has 5 heteroatoms. The van der Waals surface area contributed by atoms with E-state index in [1.807, 2.05) is 38.1 Å². The predicted molar refractivity (Wildman–Crippen MR) is 104 cm³/mol. The largest absolute Gasteiger partial charge is 0.469 e. The molecule has 0 unspecified atom stereocenters. The van der Waals surface area contributed by atoms with Gasteiger partial charge in [0.2, 0.25) is 5.91 Å². The van der Waals surface area contributed by atoms with Crippen LogP contribution in [0.15, 0.2) is 36.4 Å². The van der Waals surface area contributed by atoms with Gasteiger partial charge in [-0.3, -0.25) is 9.59 Å². The lowest BCUT2D eigenvalue weighted by Gasteiger charge is -2.21. The van der Waals surface area contributed by atoms with Crippen molar-refractivity contribution in [3.05, 3.63) is 58.1 Å². The van der Waals surface area contributed by atoms with Gasteiger partial charge in [0.1, 0.15) is 0 Å².